The average Bonchev–Trinajstić information content (AvgIpc) is 2.48. The molecule has 0 saturated heterocycles. The maximum atomic E-state index is 12.2. The molecule has 0 aliphatic carbocycles. The number of aryl methyl sites for hydroxylation is 1. The van der Waals surface area contributed by atoms with Crippen LogP contribution < -0.4 is 5.32 Å². The van der Waals surface area contributed by atoms with Gasteiger partial charge in [0.15, 0.2) is 0 Å². The number of halogens is 1. The Labute approximate surface area is 124 Å². The van der Waals surface area contributed by atoms with E-state index < -0.39 is 0 Å². The molecule has 2 rings (SSSR count). The Morgan fingerprint density at radius 3 is 2.65 bits per heavy atom. The second-order valence-corrected chi connectivity index (χ2v) is 4.99. The SMILES string of the molecule is Cc1cccnc1C(=O)NC(CCl)Cc1ccccc1. The summed E-state index contributed by atoms with van der Waals surface area (Å²) in [7, 11) is 0. The van der Waals surface area contributed by atoms with Gasteiger partial charge in [0.1, 0.15) is 5.69 Å². The maximum absolute atomic E-state index is 12.2. The van der Waals surface area contributed by atoms with Crippen molar-refractivity contribution in [1.82, 2.24) is 10.3 Å². The lowest BCUT2D eigenvalue weighted by Gasteiger charge is -2.16. The molecule has 3 nitrogen and oxygen atoms in total. The van der Waals surface area contributed by atoms with E-state index in [0.29, 0.717) is 18.0 Å². The quantitative estimate of drug-likeness (QED) is 0.860. The number of benzene rings is 1. The molecule has 1 aromatic carbocycles. The van der Waals surface area contributed by atoms with Crippen molar-refractivity contribution in [2.24, 2.45) is 0 Å². The lowest BCUT2D eigenvalue weighted by Crippen LogP contribution is -2.38. The predicted molar refractivity (Wildman–Crippen MR) is 81.1 cm³/mol. The third-order valence-electron chi connectivity index (χ3n) is 3.07. The Morgan fingerprint density at radius 2 is 2.00 bits per heavy atom. The van der Waals surface area contributed by atoms with Gasteiger partial charge < -0.3 is 5.32 Å². The number of aromatic nitrogens is 1. The van der Waals surface area contributed by atoms with Crippen LogP contribution in [0.1, 0.15) is 21.6 Å². The smallest absolute Gasteiger partial charge is 0.270 e. The summed E-state index contributed by atoms with van der Waals surface area (Å²) in [4.78, 5) is 16.3. The number of nitrogens with zero attached hydrogens (tertiary/aromatic N) is 1. The first-order valence-corrected chi connectivity index (χ1v) is 7.06. The number of alkyl halides is 1. The van der Waals surface area contributed by atoms with E-state index in [4.69, 9.17) is 11.6 Å². The summed E-state index contributed by atoms with van der Waals surface area (Å²) >= 11 is 5.95. The molecule has 1 amide bonds. The molecule has 0 radical (unpaired) electrons. The van der Waals surface area contributed by atoms with Crippen molar-refractivity contribution in [3.8, 4) is 0 Å². The van der Waals surface area contributed by atoms with Crippen molar-refractivity contribution >= 4 is 17.5 Å². The fourth-order valence-electron chi connectivity index (χ4n) is 2.02. The summed E-state index contributed by atoms with van der Waals surface area (Å²) in [6.45, 7) is 1.87. The predicted octanol–water partition coefficient (Wildman–Crippen LogP) is 2.97. The second-order valence-electron chi connectivity index (χ2n) is 4.68. The highest BCUT2D eigenvalue weighted by Crippen LogP contribution is 2.07. The van der Waals surface area contributed by atoms with Crippen molar-refractivity contribution in [3.05, 3.63) is 65.5 Å². The topological polar surface area (TPSA) is 42.0 Å². The third kappa shape index (κ3) is 3.81. The molecule has 0 bridgehead atoms. The van der Waals surface area contributed by atoms with E-state index >= 15 is 0 Å². The van der Waals surface area contributed by atoms with Gasteiger partial charge in [-0.2, -0.15) is 0 Å². The summed E-state index contributed by atoms with van der Waals surface area (Å²) in [5.74, 6) is 0.191. The summed E-state index contributed by atoms with van der Waals surface area (Å²) in [6.07, 6.45) is 2.33. The van der Waals surface area contributed by atoms with Gasteiger partial charge in [0.25, 0.3) is 5.91 Å². The number of pyridine rings is 1. The average molecular weight is 289 g/mol. The van der Waals surface area contributed by atoms with Crippen molar-refractivity contribution in [1.29, 1.82) is 0 Å². The van der Waals surface area contributed by atoms with E-state index in [1.165, 1.54) is 0 Å². The molecule has 104 valence electrons. The Balaban J connectivity index is 2.03. The van der Waals surface area contributed by atoms with Gasteiger partial charge in [-0.3, -0.25) is 9.78 Å². The molecule has 1 aromatic heterocycles. The highest BCUT2D eigenvalue weighted by Gasteiger charge is 2.15. The Kier molecular flexibility index (Phi) is 5.13. The fourth-order valence-corrected chi connectivity index (χ4v) is 2.21. The molecule has 0 fully saturated rings. The van der Waals surface area contributed by atoms with Gasteiger partial charge >= 0.3 is 0 Å². The zero-order valence-corrected chi connectivity index (χ0v) is 12.1. The molecule has 0 aliphatic heterocycles. The van der Waals surface area contributed by atoms with Crippen LogP contribution in [-0.2, 0) is 6.42 Å². The zero-order chi connectivity index (χ0) is 14.4. The van der Waals surface area contributed by atoms with E-state index in [-0.39, 0.29) is 11.9 Å². The third-order valence-corrected chi connectivity index (χ3v) is 3.44. The molecule has 20 heavy (non-hydrogen) atoms. The van der Waals surface area contributed by atoms with E-state index in [9.17, 15) is 4.79 Å². The van der Waals surface area contributed by atoms with E-state index in [0.717, 1.165) is 11.1 Å². The van der Waals surface area contributed by atoms with Crippen LogP contribution in [0.4, 0.5) is 0 Å². The highest BCUT2D eigenvalue weighted by molar-refractivity contribution is 6.18. The van der Waals surface area contributed by atoms with E-state index in [1.54, 1.807) is 6.20 Å². The molecule has 4 heteroatoms. The van der Waals surface area contributed by atoms with Crippen LogP contribution >= 0.6 is 11.6 Å². The van der Waals surface area contributed by atoms with Gasteiger partial charge in [-0.05, 0) is 30.5 Å². The number of carbonyl (C=O) groups is 1. The normalized spacial score (nSPS) is 11.9. The fraction of sp³-hybridized carbons (Fsp3) is 0.250. The molecule has 1 N–H and O–H groups in total. The molecule has 1 atom stereocenters. The summed E-state index contributed by atoms with van der Waals surface area (Å²) < 4.78 is 0. The van der Waals surface area contributed by atoms with Crippen molar-refractivity contribution in [3.63, 3.8) is 0 Å². The summed E-state index contributed by atoms with van der Waals surface area (Å²) in [6, 6.07) is 13.6. The lowest BCUT2D eigenvalue weighted by molar-refractivity contribution is 0.0935. The van der Waals surface area contributed by atoms with Gasteiger partial charge in [0, 0.05) is 18.1 Å². The molecule has 0 saturated carbocycles. The monoisotopic (exact) mass is 288 g/mol. The minimum absolute atomic E-state index is 0.104. The first kappa shape index (κ1) is 14.5. The standard InChI is InChI=1S/C16H17ClN2O/c1-12-6-5-9-18-15(12)16(20)19-14(11-17)10-13-7-3-2-4-8-13/h2-9,14H,10-11H2,1H3,(H,19,20). The zero-order valence-electron chi connectivity index (χ0n) is 11.3. The first-order valence-electron chi connectivity index (χ1n) is 6.53. The number of hydrogen-bond acceptors (Lipinski definition) is 2. The van der Waals surface area contributed by atoms with Crippen LogP contribution in [0.25, 0.3) is 0 Å². The van der Waals surface area contributed by atoms with Crippen LogP contribution in [0.5, 0.6) is 0 Å². The number of carbonyl (C=O) groups excluding carboxylic acids is 1. The minimum Gasteiger partial charge on any atom is -0.346 e. The summed E-state index contributed by atoms with van der Waals surface area (Å²) in [5.41, 5.74) is 2.46. The van der Waals surface area contributed by atoms with Crippen molar-refractivity contribution in [2.75, 3.05) is 5.88 Å². The number of amides is 1. The molecule has 2 aromatic rings. The van der Waals surface area contributed by atoms with Crippen LogP contribution in [0.2, 0.25) is 0 Å². The number of nitrogens with one attached hydrogen (secondary N) is 1. The Morgan fingerprint density at radius 1 is 1.25 bits per heavy atom. The van der Waals surface area contributed by atoms with Crippen LogP contribution in [-0.4, -0.2) is 22.8 Å². The number of rotatable bonds is 5. The van der Waals surface area contributed by atoms with Gasteiger partial charge in [0.2, 0.25) is 0 Å². The molecule has 0 spiro atoms. The van der Waals surface area contributed by atoms with Crippen molar-refractivity contribution < 1.29 is 4.79 Å². The van der Waals surface area contributed by atoms with Gasteiger partial charge in [-0.25, -0.2) is 0 Å². The van der Waals surface area contributed by atoms with E-state index in [2.05, 4.69) is 10.3 Å². The van der Waals surface area contributed by atoms with Crippen molar-refractivity contribution in [2.45, 2.75) is 19.4 Å². The van der Waals surface area contributed by atoms with Crippen LogP contribution in [0.3, 0.4) is 0 Å². The van der Waals surface area contributed by atoms with Gasteiger partial charge in [0.05, 0.1) is 0 Å². The largest absolute Gasteiger partial charge is 0.346 e. The summed E-state index contributed by atoms with van der Waals surface area (Å²) in [5, 5.41) is 2.94. The maximum Gasteiger partial charge on any atom is 0.270 e. The molecule has 1 heterocycles. The van der Waals surface area contributed by atoms with Crippen LogP contribution in [0, 0.1) is 6.92 Å². The van der Waals surface area contributed by atoms with Gasteiger partial charge in [-0.1, -0.05) is 36.4 Å². The molecule has 0 aliphatic rings. The van der Waals surface area contributed by atoms with Crippen LogP contribution in [0.15, 0.2) is 48.7 Å². The lowest BCUT2D eigenvalue weighted by atomic mass is 10.1. The second kappa shape index (κ2) is 7.06. The Bertz CT molecular complexity index is 572. The van der Waals surface area contributed by atoms with Gasteiger partial charge in [-0.15, -0.1) is 11.6 Å². The first-order chi connectivity index (χ1) is 9.70. The highest BCUT2D eigenvalue weighted by atomic mass is 35.5. The van der Waals surface area contributed by atoms with E-state index in [1.807, 2.05) is 49.4 Å². The molecular weight excluding hydrogens is 272 g/mol. The minimum atomic E-state index is -0.176. The Hall–Kier alpha value is -1.87. The molecule has 1 unspecified atom stereocenters. The number of hydrogen-bond donors (Lipinski definition) is 1. The molecular formula is C16H17ClN2O.